The van der Waals surface area contributed by atoms with E-state index in [2.05, 4.69) is 58.5 Å². The Morgan fingerprint density at radius 3 is 2.55 bits per heavy atom. The van der Waals surface area contributed by atoms with Crippen LogP contribution in [0.15, 0.2) is 53.0 Å². The van der Waals surface area contributed by atoms with Gasteiger partial charge in [-0.1, -0.05) is 53.2 Å². The molecule has 0 fully saturated rings. The molecule has 0 saturated heterocycles. The Morgan fingerprint density at radius 2 is 1.90 bits per heavy atom. The SMILES string of the molecule is CCCNC(c1ccccc1)c1cc(OC)ccc1Br. The van der Waals surface area contributed by atoms with Gasteiger partial charge in [-0.3, -0.25) is 0 Å². The van der Waals surface area contributed by atoms with Crippen LogP contribution in [-0.2, 0) is 0 Å². The summed E-state index contributed by atoms with van der Waals surface area (Å²) in [5, 5.41) is 3.61. The lowest BCUT2D eigenvalue weighted by atomic mass is 9.98. The maximum atomic E-state index is 5.35. The van der Waals surface area contributed by atoms with Gasteiger partial charge < -0.3 is 10.1 Å². The normalized spacial score (nSPS) is 12.2. The lowest BCUT2D eigenvalue weighted by molar-refractivity contribution is 0.413. The van der Waals surface area contributed by atoms with E-state index in [-0.39, 0.29) is 6.04 Å². The molecule has 1 atom stereocenters. The minimum atomic E-state index is 0.167. The highest BCUT2D eigenvalue weighted by atomic mass is 79.9. The highest BCUT2D eigenvalue weighted by Crippen LogP contribution is 2.31. The van der Waals surface area contributed by atoms with Crippen LogP contribution in [0.4, 0.5) is 0 Å². The molecule has 2 nitrogen and oxygen atoms in total. The van der Waals surface area contributed by atoms with Gasteiger partial charge in [0.15, 0.2) is 0 Å². The van der Waals surface area contributed by atoms with Gasteiger partial charge in [0.05, 0.1) is 13.2 Å². The van der Waals surface area contributed by atoms with E-state index in [1.54, 1.807) is 7.11 Å². The molecule has 0 heterocycles. The summed E-state index contributed by atoms with van der Waals surface area (Å²) < 4.78 is 6.45. The van der Waals surface area contributed by atoms with E-state index in [0.717, 1.165) is 23.2 Å². The van der Waals surface area contributed by atoms with Gasteiger partial charge >= 0.3 is 0 Å². The summed E-state index contributed by atoms with van der Waals surface area (Å²) in [5.41, 5.74) is 2.46. The van der Waals surface area contributed by atoms with E-state index in [9.17, 15) is 0 Å². The van der Waals surface area contributed by atoms with Crippen molar-refractivity contribution < 1.29 is 4.74 Å². The van der Waals surface area contributed by atoms with E-state index in [4.69, 9.17) is 4.74 Å². The van der Waals surface area contributed by atoms with Crippen molar-refractivity contribution in [2.45, 2.75) is 19.4 Å². The van der Waals surface area contributed by atoms with Gasteiger partial charge in [0.2, 0.25) is 0 Å². The summed E-state index contributed by atoms with van der Waals surface area (Å²) >= 11 is 3.65. The van der Waals surface area contributed by atoms with Gasteiger partial charge in [-0.15, -0.1) is 0 Å². The van der Waals surface area contributed by atoms with Gasteiger partial charge in [-0.25, -0.2) is 0 Å². The van der Waals surface area contributed by atoms with Crippen molar-refractivity contribution in [3.8, 4) is 5.75 Å². The van der Waals surface area contributed by atoms with Crippen LogP contribution in [0, 0.1) is 0 Å². The summed E-state index contributed by atoms with van der Waals surface area (Å²) in [4.78, 5) is 0. The molecule has 0 saturated carbocycles. The van der Waals surface area contributed by atoms with Gasteiger partial charge in [0.1, 0.15) is 5.75 Å². The Balaban J connectivity index is 2.40. The topological polar surface area (TPSA) is 21.3 Å². The summed E-state index contributed by atoms with van der Waals surface area (Å²) in [6.45, 7) is 3.15. The Hall–Kier alpha value is -1.32. The van der Waals surface area contributed by atoms with Gasteiger partial charge in [-0.05, 0) is 42.3 Å². The van der Waals surface area contributed by atoms with Gasteiger partial charge in [0.25, 0.3) is 0 Å². The Labute approximate surface area is 129 Å². The lowest BCUT2D eigenvalue weighted by Gasteiger charge is -2.21. The molecular weight excluding hydrogens is 314 g/mol. The lowest BCUT2D eigenvalue weighted by Crippen LogP contribution is -2.23. The van der Waals surface area contributed by atoms with Crippen molar-refractivity contribution in [2.75, 3.05) is 13.7 Å². The van der Waals surface area contributed by atoms with Gasteiger partial charge in [-0.2, -0.15) is 0 Å². The fourth-order valence-electron chi connectivity index (χ4n) is 2.21. The Bertz CT molecular complexity index is 542. The molecule has 2 rings (SSSR count). The first-order valence-corrected chi connectivity index (χ1v) is 7.67. The predicted molar refractivity (Wildman–Crippen MR) is 87.3 cm³/mol. The first-order valence-electron chi connectivity index (χ1n) is 6.88. The molecular formula is C17H20BrNO. The number of rotatable bonds is 6. The van der Waals surface area contributed by atoms with Crippen LogP contribution in [0.5, 0.6) is 5.75 Å². The van der Waals surface area contributed by atoms with Crippen molar-refractivity contribution in [3.05, 3.63) is 64.1 Å². The number of ether oxygens (including phenoxy) is 1. The van der Waals surface area contributed by atoms with Crippen LogP contribution in [0.2, 0.25) is 0 Å². The van der Waals surface area contributed by atoms with Crippen LogP contribution in [0.1, 0.15) is 30.5 Å². The number of hydrogen-bond acceptors (Lipinski definition) is 2. The first kappa shape index (κ1) is 15.1. The molecule has 1 unspecified atom stereocenters. The fraction of sp³-hybridized carbons (Fsp3) is 0.294. The Morgan fingerprint density at radius 1 is 1.15 bits per heavy atom. The summed E-state index contributed by atoms with van der Waals surface area (Å²) in [7, 11) is 1.70. The molecule has 0 amide bonds. The molecule has 0 spiro atoms. The zero-order chi connectivity index (χ0) is 14.4. The third kappa shape index (κ3) is 3.62. The first-order chi connectivity index (χ1) is 9.76. The Kier molecular flexibility index (Phi) is 5.62. The van der Waals surface area contributed by atoms with E-state index < -0.39 is 0 Å². The number of methoxy groups -OCH3 is 1. The fourth-order valence-corrected chi connectivity index (χ4v) is 2.69. The highest BCUT2D eigenvalue weighted by molar-refractivity contribution is 9.10. The average molecular weight is 334 g/mol. The number of nitrogens with one attached hydrogen (secondary N) is 1. The van der Waals surface area contributed by atoms with E-state index >= 15 is 0 Å². The van der Waals surface area contributed by atoms with E-state index in [0.29, 0.717) is 0 Å². The van der Waals surface area contributed by atoms with Gasteiger partial charge in [0, 0.05) is 4.47 Å². The molecule has 0 bridgehead atoms. The standard InChI is InChI=1S/C17H20BrNO/c1-3-11-19-17(13-7-5-4-6-8-13)15-12-14(20-2)9-10-16(15)18/h4-10,12,17,19H,3,11H2,1-2H3. The molecule has 0 aliphatic heterocycles. The van der Waals surface area contributed by atoms with Crippen molar-refractivity contribution in [3.63, 3.8) is 0 Å². The van der Waals surface area contributed by atoms with E-state index in [1.165, 1.54) is 11.1 Å². The minimum Gasteiger partial charge on any atom is -0.497 e. The molecule has 106 valence electrons. The van der Waals surface area contributed by atoms with Crippen molar-refractivity contribution >= 4 is 15.9 Å². The average Bonchev–Trinajstić information content (AvgIpc) is 2.50. The van der Waals surface area contributed by atoms with Crippen LogP contribution in [0.3, 0.4) is 0 Å². The van der Waals surface area contributed by atoms with E-state index in [1.807, 2.05) is 18.2 Å². The molecule has 0 radical (unpaired) electrons. The summed E-state index contributed by atoms with van der Waals surface area (Å²) in [6.07, 6.45) is 1.10. The summed E-state index contributed by atoms with van der Waals surface area (Å²) in [5.74, 6) is 0.877. The second-order valence-electron chi connectivity index (χ2n) is 4.69. The maximum Gasteiger partial charge on any atom is 0.119 e. The van der Waals surface area contributed by atoms with Crippen LogP contribution < -0.4 is 10.1 Å². The largest absolute Gasteiger partial charge is 0.497 e. The molecule has 2 aromatic rings. The van der Waals surface area contributed by atoms with Crippen LogP contribution in [-0.4, -0.2) is 13.7 Å². The van der Waals surface area contributed by atoms with Crippen molar-refractivity contribution in [1.29, 1.82) is 0 Å². The molecule has 0 aliphatic rings. The second kappa shape index (κ2) is 7.46. The monoisotopic (exact) mass is 333 g/mol. The smallest absolute Gasteiger partial charge is 0.119 e. The molecule has 1 N–H and O–H groups in total. The molecule has 3 heteroatoms. The molecule has 0 aromatic heterocycles. The van der Waals surface area contributed by atoms with Crippen molar-refractivity contribution in [1.82, 2.24) is 5.32 Å². The van der Waals surface area contributed by atoms with Crippen molar-refractivity contribution in [2.24, 2.45) is 0 Å². The number of benzene rings is 2. The number of hydrogen-bond donors (Lipinski definition) is 1. The second-order valence-corrected chi connectivity index (χ2v) is 5.54. The molecule has 0 aliphatic carbocycles. The van der Waals surface area contributed by atoms with Crippen LogP contribution in [0.25, 0.3) is 0 Å². The third-order valence-corrected chi connectivity index (χ3v) is 3.97. The minimum absolute atomic E-state index is 0.167. The molecule has 20 heavy (non-hydrogen) atoms. The quantitative estimate of drug-likeness (QED) is 0.837. The molecule has 2 aromatic carbocycles. The maximum absolute atomic E-state index is 5.35. The predicted octanol–water partition coefficient (Wildman–Crippen LogP) is 4.55. The zero-order valence-corrected chi connectivity index (χ0v) is 13.5. The zero-order valence-electron chi connectivity index (χ0n) is 11.9. The third-order valence-electron chi connectivity index (χ3n) is 3.25. The summed E-state index contributed by atoms with van der Waals surface area (Å²) in [6, 6.07) is 16.8. The van der Waals surface area contributed by atoms with Crippen LogP contribution >= 0.6 is 15.9 Å². The number of halogens is 1. The highest BCUT2D eigenvalue weighted by Gasteiger charge is 2.16.